The maximum absolute atomic E-state index is 8.86. The van der Waals surface area contributed by atoms with Crippen molar-refractivity contribution >= 4 is 43.7 Å². The number of hydrogen-bond acceptors (Lipinski definition) is 2. The summed E-state index contributed by atoms with van der Waals surface area (Å²) in [5, 5.41) is 24.9. The Kier molecular flexibility index (Phi) is 6.80. The molecule has 0 aliphatic heterocycles. The van der Waals surface area contributed by atoms with Crippen molar-refractivity contribution < 1.29 is 0 Å². The van der Waals surface area contributed by atoms with Crippen LogP contribution in [-0.2, 0) is 5.41 Å². The summed E-state index contributed by atoms with van der Waals surface area (Å²) in [5.74, 6) is 0. The summed E-state index contributed by atoms with van der Waals surface area (Å²) in [6.45, 7) is 0. The third kappa shape index (κ3) is 4.37. The van der Waals surface area contributed by atoms with Crippen molar-refractivity contribution in [1.82, 2.24) is 0 Å². The summed E-state index contributed by atoms with van der Waals surface area (Å²) in [6.07, 6.45) is 3.43. The van der Waals surface area contributed by atoms with Crippen molar-refractivity contribution in [3.8, 4) is 33.4 Å². The Labute approximate surface area is 319 Å². The van der Waals surface area contributed by atoms with Gasteiger partial charge in [-0.05, 0) is 117 Å². The summed E-state index contributed by atoms with van der Waals surface area (Å²) in [6, 6.07) is 65.5. The van der Waals surface area contributed by atoms with Gasteiger partial charge in [-0.25, -0.2) is 0 Å². The average Bonchev–Trinajstić information content (AvgIpc) is 3.74. The zero-order chi connectivity index (χ0) is 36.7. The Hall–Kier alpha value is -7.16. The molecule has 0 saturated heterocycles. The van der Waals surface area contributed by atoms with E-state index in [1.165, 1.54) is 82.4 Å². The number of allylic oxidation sites excluding steroid dienone is 2. The van der Waals surface area contributed by atoms with Crippen LogP contribution in [0.5, 0.6) is 0 Å². The molecule has 0 atom stereocenters. The number of fused-ring (bicyclic) bond motifs is 17. The van der Waals surface area contributed by atoms with Gasteiger partial charge < -0.3 is 10.8 Å². The predicted octanol–water partition coefficient (Wildman–Crippen LogP) is 13.1. The Morgan fingerprint density at radius 2 is 0.818 bits per heavy atom. The topological polar surface area (TPSA) is 47.7 Å². The highest BCUT2D eigenvalue weighted by Crippen LogP contribution is 2.66. The van der Waals surface area contributed by atoms with Gasteiger partial charge in [-0.3, -0.25) is 0 Å². The molecule has 0 unspecified atom stereocenters. The fourth-order valence-corrected chi connectivity index (χ4v) is 9.71. The van der Waals surface area contributed by atoms with E-state index in [1.807, 2.05) is 42.5 Å². The van der Waals surface area contributed by atoms with Gasteiger partial charge >= 0.3 is 0 Å². The predicted molar refractivity (Wildman–Crippen MR) is 230 cm³/mol. The van der Waals surface area contributed by atoms with Gasteiger partial charge in [0.1, 0.15) is 0 Å². The zero-order valence-electron chi connectivity index (χ0n) is 30.0. The lowest BCUT2D eigenvalue weighted by molar-refractivity contribution is 0.803. The summed E-state index contributed by atoms with van der Waals surface area (Å²) >= 11 is 0. The van der Waals surface area contributed by atoms with Gasteiger partial charge in [-0.2, -0.15) is 0 Å². The molecule has 0 bridgehead atoms. The van der Waals surface area contributed by atoms with Gasteiger partial charge in [0.2, 0.25) is 0 Å². The molecule has 0 saturated carbocycles. The number of benzene rings is 9. The fraction of sp³-hybridized carbons (Fsp3) is 0.0189. The van der Waals surface area contributed by atoms with Gasteiger partial charge in [0.15, 0.2) is 0 Å². The van der Waals surface area contributed by atoms with Gasteiger partial charge in [-0.15, -0.1) is 0 Å². The van der Waals surface area contributed by atoms with Crippen molar-refractivity contribution in [2.75, 3.05) is 0 Å². The molecule has 9 aromatic rings. The normalized spacial score (nSPS) is 13.3. The van der Waals surface area contributed by atoms with Crippen LogP contribution >= 0.6 is 0 Å². The molecule has 2 nitrogen and oxygen atoms in total. The molecule has 2 heteroatoms. The summed E-state index contributed by atoms with van der Waals surface area (Å²) < 4.78 is 0. The molecule has 0 amide bonds. The Morgan fingerprint density at radius 3 is 1.44 bits per heavy atom. The van der Waals surface area contributed by atoms with Crippen molar-refractivity contribution in [3.05, 3.63) is 228 Å². The van der Waals surface area contributed by atoms with Crippen LogP contribution in [-0.4, -0.2) is 11.4 Å². The van der Waals surface area contributed by atoms with E-state index in [9.17, 15) is 0 Å². The standard InChI is InChI=1S/C53H34N2/c54-48(34-14-2-1-3-15-34)30-31-49(55)35-28-26-33(27-29-35)44-32-47-50(41-21-7-5-18-38(41)44)51-42-22-8-4-16-36(42)37-17-6-9-23-43(37)52(51)53(47)45-24-12-10-19-39(45)40-20-11-13-25-46(40)53/h1-32,54-55H/b31-30-,54-48?,55-49?. The van der Waals surface area contributed by atoms with Crippen LogP contribution in [0.25, 0.3) is 65.7 Å². The third-order valence-corrected chi connectivity index (χ3v) is 12.0. The minimum atomic E-state index is -0.531. The number of hydrogen-bond donors (Lipinski definition) is 2. The summed E-state index contributed by atoms with van der Waals surface area (Å²) in [4.78, 5) is 0. The van der Waals surface area contributed by atoms with Crippen LogP contribution in [0.1, 0.15) is 33.4 Å². The van der Waals surface area contributed by atoms with E-state index >= 15 is 0 Å². The maximum Gasteiger partial charge on any atom is 0.0732 e. The van der Waals surface area contributed by atoms with Crippen LogP contribution in [0.15, 0.2) is 194 Å². The molecule has 256 valence electrons. The van der Waals surface area contributed by atoms with Crippen LogP contribution in [0, 0.1) is 10.8 Å². The highest BCUT2D eigenvalue weighted by Gasteiger charge is 2.53. The summed E-state index contributed by atoms with van der Waals surface area (Å²) in [7, 11) is 0. The second-order valence-corrected chi connectivity index (χ2v) is 14.7. The molecule has 2 aliphatic rings. The lowest BCUT2D eigenvalue weighted by Crippen LogP contribution is -2.26. The lowest BCUT2D eigenvalue weighted by atomic mass is 9.68. The average molecular weight is 699 g/mol. The van der Waals surface area contributed by atoms with Gasteiger partial charge in [-0.1, -0.05) is 176 Å². The molecule has 55 heavy (non-hydrogen) atoms. The van der Waals surface area contributed by atoms with Crippen LogP contribution in [0.3, 0.4) is 0 Å². The largest absolute Gasteiger partial charge is 0.300 e. The first-order valence-corrected chi connectivity index (χ1v) is 18.9. The molecule has 1 spiro atoms. The van der Waals surface area contributed by atoms with Crippen molar-refractivity contribution in [2.45, 2.75) is 5.41 Å². The molecule has 11 rings (SSSR count). The SMILES string of the molecule is N=C(/C=C\C(=N)c1ccc(-c2cc3c(c4ccccc24)-c2c(c4ccccc4c4ccccc24)C32c3ccccc3-c3ccccc32)cc1)c1ccccc1. The minimum Gasteiger partial charge on any atom is -0.300 e. The third-order valence-electron chi connectivity index (χ3n) is 12.0. The number of rotatable bonds is 5. The van der Waals surface area contributed by atoms with E-state index in [2.05, 4.69) is 140 Å². The quantitative estimate of drug-likeness (QED) is 0.133. The van der Waals surface area contributed by atoms with E-state index < -0.39 is 5.41 Å². The molecule has 0 heterocycles. The first kappa shape index (κ1) is 31.4. The highest BCUT2D eigenvalue weighted by atomic mass is 14.5. The molecule has 0 fully saturated rings. The summed E-state index contributed by atoms with van der Waals surface area (Å²) in [5.41, 5.74) is 14.7. The van der Waals surface area contributed by atoms with Crippen LogP contribution < -0.4 is 0 Å². The highest BCUT2D eigenvalue weighted by molar-refractivity contribution is 6.24. The van der Waals surface area contributed by atoms with Crippen molar-refractivity contribution in [1.29, 1.82) is 10.8 Å². The zero-order valence-corrected chi connectivity index (χ0v) is 30.0. The van der Waals surface area contributed by atoms with Crippen LogP contribution in [0.2, 0.25) is 0 Å². The molecule has 2 N–H and O–H groups in total. The van der Waals surface area contributed by atoms with E-state index in [4.69, 9.17) is 10.8 Å². The molecular formula is C53H34N2. The lowest BCUT2D eigenvalue weighted by Gasteiger charge is -2.32. The molecule has 0 aromatic heterocycles. The smallest absolute Gasteiger partial charge is 0.0732 e. The maximum atomic E-state index is 8.86. The van der Waals surface area contributed by atoms with E-state index in [1.54, 1.807) is 12.2 Å². The Balaban J connectivity index is 1.18. The molecular weight excluding hydrogens is 665 g/mol. The first-order chi connectivity index (χ1) is 27.1. The van der Waals surface area contributed by atoms with Gasteiger partial charge in [0.05, 0.1) is 16.8 Å². The van der Waals surface area contributed by atoms with Gasteiger partial charge in [0, 0.05) is 0 Å². The van der Waals surface area contributed by atoms with E-state index in [0.717, 1.165) is 16.7 Å². The fourth-order valence-electron chi connectivity index (χ4n) is 9.71. The second kappa shape index (κ2) is 11.9. The molecule has 0 radical (unpaired) electrons. The van der Waals surface area contributed by atoms with Crippen molar-refractivity contribution in [2.24, 2.45) is 0 Å². The van der Waals surface area contributed by atoms with E-state index in [0.29, 0.717) is 11.4 Å². The Bertz CT molecular complexity index is 3070. The van der Waals surface area contributed by atoms with Crippen LogP contribution in [0.4, 0.5) is 0 Å². The second-order valence-electron chi connectivity index (χ2n) is 14.7. The monoisotopic (exact) mass is 698 g/mol. The van der Waals surface area contributed by atoms with Gasteiger partial charge in [0.25, 0.3) is 0 Å². The minimum absolute atomic E-state index is 0.373. The number of nitrogens with one attached hydrogen (secondary N) is 2. The molecule has 9 aromatic carbocycles. The molecule has 2 aliphatic carbocycles. The Morgan fingerprint density at radius 1 is 0.364 bits per heavy atom. The van der Waals surface area contributed by atoms with E-state index in [-0.39, 0.29) is 0 Å². The van der Waals surface area contributed by atoms with Crippen molar-refractivity contribution in [3.63, 3.8) is 0 Å². The first-order valence-electron chi connectivity index (χ1n) is 18.9.